The third-order valence-electron chi connectivity index (χ3n) is 2.81. The predicted octanol–water partition coefficient (Wildman–Crippen LogP) is 3.48. The summed E-state index contributed by atoms with van der Waals surface area (Å²) in [5.74, 6) is 0. The largest absolute Gasteiger partial charge is 0.389 e. The van der Waals surface area contributed by atoms with Crippen molar-refractivity contribution >= 4 is 11.8 Å². The predicted molar refractivity (Wildman–Crippen MR) is 79.9 cm³/mol. The van der Waals surface area contributed by atoms with Crippen molar-refractivity contribution in [3.63, 3.8) is 0 Å². The van der Waals surface area contributed by atoms with Crippen molar-refractivity contribution in [1.82, 2.24) is 0 Å². The summed E-state index contributed by atoms with van der Waals surface area (Å²) in [6, 6.07) is 8.51. The lowest BCUT2D eigenvalue weighted by molar-refractivity contribution is 0.244. The Morgan fingerprint density at radius 3 is 2.22 bits per heavy atom. The molecule has 1 aromatic rings. The van der Waals surface area contributed by atoms with E-state index in [0.29, 0.717) is 0 Å². The van der Waals surface area contributed by atoms with E-state index in [4.69, 9.17) is 5.11 Å². The van der Waals surface area contributed by atoms with Gasteiger partial charge in [0.2, 0.25) is 0 Å². The molecule has 0 aliphatic carbocycles. The van der Waals surface area contributed by atoms with Crippen molar-refractivity contribution in [1.29, 1.82) is 0 Å². The standard InChI is InChI=1S/C16H23NO/c1-4-17(5-2)16-12-10-15(11-13-16)9-7-6-8-14(3)18/h6-14,18H,4-5H2,1-3H3. The average molecular weight is 245 g/mol. The molecule has 1 rings (SSSR count). The Balaban J connectivity index is 2.65. The highest BCUT2D eigenvalue weighted by atomic mass is 16.3. The molecule has 0 fully saturated rings. The van der Waals surface area contributed by atoms with Crippen molar-refractivity contribution < 1.29 is 5.11 Å². The Labute approximate surface area is 110 Å². The molecule has 2 heteroatoms. The highest BCUT2D eigenvalue weighted by molar-refractivity contribution is 5.56. The summed E-state index contributed by atoms with van der Waals surface area (Å²) in [5, 5.41) is 9.08. The number of rotatable bonds is 6. The minimum absolute atomic E-state index is 0.389. The number of allylic oxidation sites excluding steroid dienone is 2. The van der Waals surface area contributed by atoms with Gasteiger partial charge in [0.25, 0.3) is 0 Å². The maximum atomic E-state index is 9.08. The van der Waals surface area contributed by atoms with Crippen LogP contribution in [0.3, 0.4) is 0 Å². The third-order valence-corrected chi connectivity index (χ3v) is 2.81. The molecule has 18 heavy (non-hydrogen) atoms. The third kappa shape index (κ3) is 4.76. The molecule has 0 bridgehead atoms. The van der Waals surface area contributed by atoms with E-state index in [1.54, 1.807) is 13.0 Å². The molecule has 0 aliphatic heterocycles. The molecule has 98 valence electrons. The molecule has 0 aromatic heterocycles. The van der Waals surface area contributed by atoms with Gasteiger partial charge in [0.05, 0.1) is 6.10 Å². The SMILES string of the molecule is CCN(CC)c1ccc(C=CC=CC(C)O)cc1. The zero-order valence-corrected chi connectivity index (χ0v) is 11.5. The number of hydrogen-bond donors (Lipinski definition) is 1. The highest BCUT2D eigenvalue weighted by Gasteiger charge is 1.99. The van der Waals surface area contributed by atoms with Crippen LogP contribution in [0.15, 0.2) is 42.5 Å². The average Bonchev–Trinajstić information content (AvgIpc) is 2.37. The topological polar surface area (TPSA) is 23.5 Å². The molecular formula is C16H23NO. The first kappa shape index (κ1) is 14.5. The van der Waals surface area contributed by atoms with Crippen LogP contribution in [0.4, 0.5) is 5.69 Å². The zero-order chi connectivity index (χ0) is 13.4. The smallest absolute Gasteiger partial charge is 0.0695 e. The molecule has 0 aliphatic rings. The van der Waals surface area contributed by atoms with Crippen LogP contribution < -0.4 is 4.90 Å². The van der Waals surface area contributed by atoms with Gasteiger partial charge in [-0.15, -0.1) is 0 Å². The molecule has 1 N–H and O–H groups in total. The fourth-order valence-corrected chi connectivity index (χ4v) is 1.78. The van der Waals surface area contributed by atoms with Crippen molar-refractivity contribution in [2.24, 2.45) is 0 Å². The van der Waals surface area contributed by atoms with Crippen LogP contribution in [0.5, 0.6) is 0 Å². The lowest BCUT2D eigenvalue weighted by atomic mass is 10.1. The van der Waals surface area contributed by atoms with Crippen LogP contribution in [-0.2, 0) is 0 Å². The van der Waals surface area contributed by atoms with Gasteiger partial charge in [-0.25, -0.2) is 0 Å². The number of anilines is 1. The van der Waals surface area contributed by atoms with Crippen molar-refractivity contribution in [3.8, 4) is 0 Å². The van der Waals surface area contributed by atoms with Crippen LogP contribution in [0.1, 0.15) is 26.3 Å². The Kier molecular flexibility index (Phi) is 6.23. The molecule has 0 spiro atoms. The van der Waals surface area contributed by atoms with E-state index in [2.05, 4.69) is 43.0 Å². The Morgan fingerprint density at radius 1 is 1.11 bits per heavy atom. The van der Waals surface area contributed by atoms with E-state index in [-0.39, 0.29) is 6.10 Å². The lowest BCUT2D eigenvalue weighted by Gasteiger charge is -2.20. The van der Waals surface area contributed by atoms with Crippen LogP contribution in [0.2, 0.25) is 0 Å². The summed E-state index contributed by atoms with van der Waals surface area (Å²) in [6.45, 7) is 8.13. The van der Waals surface area contributed by atoms with Crippen LogP contribution in [0.25, 0.3) is 6.08 Å². The quantitative estimate of drug-likeness (QED) is 0.776. The number of aliphatic hydroxyl groups is 1. The van der Waals surface area contributed by atoms with Gasteiger partial charge in [-0.2, -0.15) is 0 Å². The summed E-state index contributed by atoms with van der Waals surface area (Å²) in [7, 11) is 0. The molecule has 0 saturated carbocycles. The second-order valence-electron chi connectivity index (χ2n) is 4.25. The maximum Gasteiger partial charge on any atom is 0.0695 e. The van der Waals surface area contributed by atoms with Gasteiger partial charge in [-0.1, -0.05) is 36.4 Å². The molecule has 0 heterocycles. The van der Waals surface area contributed by atoms with Gasteiger partial charge in [-0.05, 0) is 38.5 Å². The van der Waals surface area contributed by atoms with E-state index >= 15 is 0 Å². The van der Waals surface area contributed by atoms with Crippen LogP contribution in [0, 0.1) is 0 Å². The van der Waals surface area contributed by atoms with E-state index in [1.165, 1.54) is 11.3 Å². The number of aliphatic hydroxyl groups excluding tert-OH is 1. The fraction of sp³-hybridized carbons (Fsp3) is 0.375. The Bertz CT molecular complexity index is 386. The fourth-order valence-electron chi connectivity index (χ4n) is 1.78. The molecule has 1 aromatic carbocycles. The Hall–Kier alpha value is -1.54. The minimum atomic E-state index is -0.389. The summed E-state index contributed by atoms with van der Waals surface area (Å²) < 4.78 is 0. The van der Waals surface area contributed by atoms with Gasteiger partial charge in [-0.3, -0.25) is 0 Å². The normalized spacial score (nSPS) is 13.3. The molecule has 0 radical (unpaired) electrons. The summed E-state index contributed by atoms with van der Waals surface area (Å²) in [5.41, 5.74) is 2.43. The maximum absolute atomic E-state index is 9.08. The lowest BCUT2D eigenvalue weighted by Crippen LogP contribution is -2.21. The summed E-state index contributed by atoms with van der Waals surface area (Å²) in [6.07, 6.45) is 7.20. The highest BCUT2D eigenvalue weighted by Crippen LogP contribution is 2.15. The zero-order valence-electron chi connectivity index (χ0n) is 11.5. The van der Waals surface area contributed by atoms with E-state index in [1.807, 2.05) is 18.2 Å². The first-order chi connectivity index (χ1) is 8.67. The van der Waals surface area contributed by atoms with Crippen molar-refractivity contribution in [2.45, 2.75) is 26.9 Å². The Morgan fingerprint density at radius 2 is 1.72 bits per heavy atom. The summed E-state index contributed by atoms with van der Waals surface area (Å²) >= 11 is 0. The van der Waals surface area contributed by atoms with Crippen molar-refractivity contribution in [2.75, 3.05) is 18.0 Å². The van der Waals surface area contributed by atoms with Crippen LogP contribution in [-0.4, -0.2) is 24.3 Å². The molecule has 2 nitrogen and oxygen atoms in total. The van der Waals surface area contributed by atoms with Crippen molar-refractivity contribution in [3.05, 3.63) is 48.1 Å². The van der Waals surface area contributed by atoms with E-state index in [0.717, 1.165) is 13.1 Å². The van der Waals surface area contributed by atoms with E-state index in [9.17, 15) is 0 Å². The minimum Gasteiger partial charge on any atom is -0.389 e. The first-order valence-corrected chi connectivity index (χ1v) is 6.55. The molecular weight excluding hydrogens is 222 g/mol. The second kappa shape index (κ2) is 7.72. The molecule has 1 unspecified atom stereocenters. The van der Waals surface area contributed by atoms with Gasteiger partial charge in [0.1, 0.15) is 0 Å². The van der Waals surface area contributed by atoms with E-state index < -0.39 is 0 Å². The summed E-state index contributed by atoms with van der Waals surface area (Å²) in [4.78, 5) is 2.32. The second-order valence-corrected chi connectivity index (χ2v) is 4.25. The number of hydrogen-bond acceptors (Lipinski definition) is 2. The van der Waals surface area contributed by atoms with Gasteiger partial charge >= 0.3 is 0 Å². The van der Waals surface area contributed by atoms with Crippen LogP contribution >= 0.6 is 0 Å². The van der Waals surface area contributed by atoms with Gasteiger partial charge < -0.3 is 10.0 Å². The first-order valence-electron chi connectivity index (χ1n) is 6.55. The van der Waals surface area contributed by atoms with Gasteiger partial charge in [0, 0.05) is 18.8 Å². The number of benzene rings is 1. The molecule has 0 saturated heterocycles. The molecule has 1 atom stereocenters. The van der Waals surface area contributed by atoms with Gasteiger partial charge in [0.15, 0.2) is 0 Å². The number of nitrogens with zero attached hydrogens (tertiary/aromatic N) is 1. The monoisotopic (exact) mass is 245 g/mol. The molecule has 0 amide bonds.